The second kappa shape index (κ2) is 10.9. The van der Waals surface area contributed by atoms with E-state index in [1.54, 1.807) is 23.1 Å². The average molecular weight is 551 g/mol. The molecule has 2 saturated carbocycles. The summed E-state index contributed by atoms with van der Waals surface area (Å²) in [6, 6.07) is 6.16. The largest absolute Gasteiger partial charge is 0.483 e. The topological polar surface area (TPSA) is 94.4 Å². The fourth-order valence-electron chi connectivity index (χ4n) is 6.56. The lowest BCUT2D eigenvalue weighted by Gasteiger charge is -2.30. The van der Waals surface area contributed by atoms with E-state index < -0.39 is 15.7 Å². The van der Waals surface area contributed by atoms with Gasteiger partial charge < -0.3 is 9.64 Å². The minimum Gasteiger partial charge on any atom is -0.483 e. The number of hydrogen-bond donors (Lipinski definition) is 0. The van der Waals surface area contributed by atoms with Gasteiger partial charge in [-0.05, 0) is 69.4 Å². The number of rotatable bonds is 10. The molecule has 1 amide bonds. The van der Waals surface area contributed by atoms with Crippen molar-refractivity contribution in [1.82, 2.24) is 19.7 Å². The number of fused-ring (bicyclic) bond motifs is 2. The van der Waals surface area contributed by atoms with E-state index in [9.17, 15) is 17.6 Å². The van der Waals surface area contributed by atoms with Gasteiger partial charge in [-0.15, -0.1) is 10.2 Å². The summed E-state index contributed by atoms with van der Waals surface area (Å²) in [6.07, 6.45) is 5.50. The number of amides is 1. The molecule has 1 aromatic heterocycles. The molecule has 0 spiro atoms. The number of hydrogen-bond acceptors (Lipinski definition) is 7. The molecule has 8 nitrogen and oxygen atoms in total. The quantitative estimate of drug-likeness (QED) is 0.411. The molecule has 5 atom stereocenters. The first-order valence-corrected chi connectivity index (χ1v) is 16.0. The van der Waals surface area contributed by atoms with Gasteiger partial charge in [0.2, 0.25) is 5.91 Å². The summed E-state index contributed by atoms with van der Waals surface area (Å²) in [5.74, 6) is 2.55. The van der Waals surface area contributed by atoms with Gasteiger partial charge >= 0.3 is 0 Å². The van der Waals surface area contributed by atoms with Crippen LogP contribution in [0, 0.1) is 23.6 Å². The molecule has 2 aromatic rings. The Kier molecular flexibility index (Phi) is 7.81. The van der Waals surface area contributed by atoms with E-state index in [1.165, 1.54) is 43.5 Å². The van der Waals surface area contributed by atoms with Crippen LogP contribution in [0.3, 0.4) is 0 Å². The van der Waals surface area contributed by atoms with Gasteiger partial charge in [-0.3, -0.25) is 9.36 Å². The van der Waals surface area contributed by atoms with Crippen LogP contribution in [0.1, 0.15) is 57.8 Å². The van der Waals surface area contributed by atoms with E-state index >= 15 is 0 Å². The third-order valence-corrected chi connectivity index (χ3v) is 11.1. The molecule has 5 rings (SSSR count). The monoisotopic (exact) mass is 550 g/mol. The fourth-order valence-corrected chi connectivity index (χ4v) is 9.22. The second-order valence-electron chi connectivity index (χ2n) is 10.6. The Morgan fingerprint density at radius 3 is 2.70 bits per heavy atom. The highest BCUT2D eigenvalue weighted by Gasteiger charge is 2.43. The first-order valence-electron chi connectivity index (χ1n) is 13.2. The van der Waals surface area contributed by atoms with E-state index in [4.69, 9.17) is 4.74 Å². The van der Waals surface area contributed by atoms with E-state index in [2.05, 4.69) is 21.7 Å². The molecule has 1 aliphatic heterocycles. The highest BCUT2D eigenvalue weighted by Crippen LogP contribution is 2.52. The maximum atomic E-state index is 14.1. The Morgan fingerprint density at radius 2 is 2.05 bits per heavy atom. The van der Waals surface area contributed by atoms with Gasteiger partial charge in [0.25, 0.3) is 0 Å². The van der Waals surface area contributed by atoms with Gasteiger partial charge in [0.05, 0.1) is 17.3 Å². The lowest BCUT2D eigenvalue weighted by Crippen LogP contribution is -2.42. The summed E-state index contributed by atoms with van der Waals surface area (Å²) in [5.41, 5.74) is 0. The summed E-state index contributed by atoms with van der Waals surface area (Å²) in [4.78, 5) is 14.8. The van der Waals surface area contributed by atoms with Crippen molar-refractivity contribution in [1.29, 1.82) is 0 Å². The summed E-state index contributed by atoms with van der Waals surface area (Å²) in [5, 5.41) is 9.46. The molecule has 202 valence electrons. The zero-order valence-corrected chi connectivity index (χ0v) is 23.0. The van der Waals surface area contributed by atoms with Crippen molar-refractivity contribution < 1.29 is 22.3 Å². The van der Waals surface area contributed by atoms with Crippen LogP contribution >= 0.6 is 11.8 Å². The van der Waals surface area contributed by atoms with Crippen molar-refractivity contribution in [2.24, 2.45) is 17.8 Å². The van der Waals surface area contributed by atoms with E-state index in [-0.39, 0.29) is 47.6 Å². The summed E-state index contributed by atoms with van der Waals surface area (Å²) in [7, 11) is -3.08. The minimum absolute atomic E-state index is 0.0340. The molecule has 3 aliphatic rings. The van der Waals surface area contributed by atoms with Crippen LogP contribution in [0.25, 0.3) is 0 Å². The molecule has 1 saturated heterocycles. The second-order valence-corrected chi connectivity index (χ2v) is 13.8. The number of carbonyl (C=O) groups is 1. The van der Waals surface area contributed by atoms with E-state index in [0.717, 1.165) is 5.92 Å². The van der Waals surface area contributed by atoms with Gasteiger partial charge in [-0.1, -0.05) is 30.3 Å². The molecule has 0 radical (unpaired) electrons. The van der Waals surface area contributed by atoms with Gasteiger partial charge in [-0.2, -0.15) is 0 Å². The lowest BCUT2D eigenvalue weighted by atomic mass is 9.84. The first kappa shape index (κ1) is 26.5. The van der Waals surface area contributed by atoms with Crippen LogP contribution in [0.4, 0.5) is 4.39 Å². The third-order valence-electron chi connectivity index (χ3n) is 8.38. The van der Waals surface area contributed by atoms with Crippen molar-refractivity contribution in [2.75, 3.05) is 23.8 Å². The summed E-state index contributed by atoms with van der Waals surface area (Å²) in [6.45, 7) is 4.62. The number of sulfone groups is 1. The number of para-hydroxylation sites is 1. The Bertz CT molecular complexity index is 1240. The van der Waals surface area contributed by atoms with Crippen molar-refractivity contribution >= 4 is 27.5 Å². The predicted molar refractivity (Wildman–Crippen MR) is 140 cm³/mol. The number of carbonyl (C=O) groups excluding carboxylic acids is 1. The SMILES string of the molecule is CCN(C(=O)CSc1nnc(COc2ccccc2F)n1[C@H](C)[C@@H]1C[C@H]2CC[C@H]1C2)[C@H]1CCS(=O)(=O)C1. The molecular formula is C26H35FN4O4S2. The van der Waals surface area contributed by atoms with Gasteiger partial charge in [0.15, 0.2) is 32.4 Å². The van der Waals surface area contributed by atoms with Crippen LogP contribution in [0.15, 0.2) is 29.4 Å². The van der Waals surface area contributed by atoms with Crippen LogP contribution in [-0.2, 0) is 21.2 Å². The number of halogens is 1. The number of thioether (sulfide) groups is 1. The average Bonchev–Trinajstić information content (AvgIpc) is 3.66. The molecule has 0 N–H and O–H groups in total. The van der Waals surface area contributed by atoms with Gasteiger partial charge in [0.1, 0.15) is 6.61 Å². The summed E-state index contributed by atoms with van der Waals surface area (Å²) >= 11 is 1.33. The van der Waals surface area contributed by atoms with Gasteiger partial charge in [0, 0.05) is 18.6 Å². The molecule has 2 heterocycles. The molecule has 37 heavy (non-hydrogen) atoms. The molecule has 1 aromatic carbocycles. The Morgan fingerprint density at radius 1 is 1.24 bits per heavy atom. The van der Waals surface area contributed by atoms with Crippen LogP contribution in [0.5, 0.6) is 5.75 Å². The van der Waals surface area contributed by atoms with Crippen molar-refractivity contribution in [2.45, 2.75) is 69.8 Å². The maximum Gasteiger partial charge on any atom is 0.233 e. The van der Waals surface area contributed by atoms with Crippen LogP contribution in [-0.4, -0.2) is 63.8 Å². The number of aromatic nitrogens is 3. The smallest absolute Gasteiger partial charge is 0.233 e. The van der Waals surface area contributed by atoms with Crippen molar-refractivity contribution in [3.05, 3.63) is 35.9 Å². The zero-order valence-electron chi connectivity index (χ0n) is 21.4. The molecule has 3 fully saturated rings. The molecular weight excluding hydrogens is 515 g/mol. The standard InChI is InChI=1S/C26H35FN4O4S2/c1-3-30(20-10-11-37(33,34)16-20)25(32)15-36-26-29-28-24(14-35-23-7-5-4-6-22(23)27)31(26)17(2)21-13-18-8-9-19(21)12-18/h4-7,17-21H,3,8-16H2,1-2H3/t17-,18+,19+,20+,21+/m1/s1. The fraction of sp³-hybridized carbons (Fsp3) is 0.654. The Labute approximate surface area is 222 Å². The Balaban J connectivity index is 1.33. The number of nitrogens with zero attached hydrogens (tertiary/aromatic N) is 4. The number of ether oxygens (including phenoxy) is 1. The third kappa shape index (κ3) is 5.67. The van der Waals surface area contributed by atoms with Crippen molar-refractivity contribution in [3.8, 4) is 5.75 Å². The Hall–Kier alpha value is -2.14. The molecule has 2 aliphatic carbocycles. The highest BCUT2D eigenvalue weighted by molar-refractivity contribution is 7.99. The lowest BCUT2D eigenvalue weighted by molar-refractivity contribution is -0.129. The number of benzene rings is 1. The van der Waals surface area contributed by atoms with Crippen molar-refractivity contribution in [3.63, 3.8) is 0 Å². The highest BCUT2D eigenvalue weighted by atomic mass is 32.2. The first-order chi connectivity index (χ1) is 17.8. The zero-order chi connectivity index (χ0) is 26.2. The maximum absolute atomic E-state index is 14.1. The predicted octanol–water partition coefficient (Wildman–Crippen LogP) is 4.12. The van der Waals surface area contributed by atoms with Gasteiger partial charge in [-0.25, -0.2) is 12.8 Å². The minimum atomic E-state index is -3.08. The van der Waals surface area contributed by atoms with Crippen LogP contribution in [0.2, 0.25) is 0 Å². The van der Waals surface area contributed by atoms with Crippen LogP contribution < -0.4 is 4.74 Å². The molecule has 11 heteroatoms. The van der Waals surface area contributed by atoms with E-state index in [1.807, 2.05) is 6.92 Å². The molecule has 0 unspecified atom stereocenters. The molecule has 2 bridgehead atoms. The summed E-state index contributed by atoms with van der Waals surface area (Å²) < 4.78 is 45.9. The normalized spacial score (nSPS) is 26.9. The van der Waals surface area contributed by atoms with E-state index in [0.29, 0.717) is 35.8 Å².